The molecule has 0 amide bonds. The molecule has 0 aliphatic heterocycles. The van der Waals surface area contributed by atoms with Crippen molar-refractivity contribution in [2.24, 2.45) is 5.92 Å². The van der Waals surface area contributed by atoms with Crippen LogP contribution in [-0.4, -0.2) is 35.2 Å². The number of hydrogen-bond donors (Lipinski definition) is 2. The monoisotopic (exact) mass is 249 g/mol. The van der Waals surface area contributed by atoms with E-state index in [-0.39, 0.29) is 0 Å². The Morgan fingerprint density at radius 3 is 2.22 bits per heavy atom. The Kier molecular flexibility index (Phi) is 6.40. The molecular weight excluding hydrogens is 225 g/mol. The second kappa shape index (κ2) is 7.57. The number of rotatable bonds is 7. The van der Waals surface area contributed by atoms with Crippen molar-refractivity contribution in [2.45, 2.75) is 33.7 Å². The molecule has 0 aliphatic carbocycles. The Morgan fingerprint density at radius 2 is 1.78 bits per heavy atom. The van der Waals surface area contributed by atoms with Crippen molar-refractivity contribution in [1.29, 1.82) is 0 Å². The predicted molar refractivity (Wildman–Crippen MR) is 76.7 cm³/mol. The molecule has 0 saturated carbocycles. The smallest absolute Gasteiger partial charge is 0.423 e. The zero-order valence-electron chi connectivity index (χ0n) is 11.6. The first-order valence-corrected chi connectivity index (χ1v) is 6.74. The summed E-state index contributed by atoms with van der Waals surface area (Å²) in [4.78, 5) is 2.42. The van der Waals surface area contributed by atoms with Gasteiger partial charge in [0.15, 0.2) is 0 Å². The second-order valence-corrected chi connectivity index (χ2v) is 4.96. The minimum Gasteiger partial charge on any atom is -0.423 e. The average Bonchev–Trinajstić information content (AvgIpc) is 2.38. The minimum atomic E-state index is -1.37. The van der Waals surface area contributed by atoms with Gasteiger partial charge in [-0.15, -0.1) is 0 Å². The van der Waals surface area contributed by atoms with Gasteiger partial charge in [0.25, 0.3) is 0 Å². The van der Waals surface area contributed by atoms with E-state index in [0.29, 0.717) is 11.4 Å². The summed E-state index contributed by atoms with van der Waals surface area (Å²) in [5, 5.41) is 18.1. The molecule has 1 rings (SSSR count). The van der Waals surface area contributed by atoms with E-state index in [9.17, 15) is 0 Å². The van der Waals surface area contributed by atoms with Crippen LogP contribution < -0.4 is 5.46 Å². The van der Waals surface area contributed by atoms with Gasteiger partial charge in [-0.05, 0) is 23.5 Å². The van der Waals surface area contributed by atoms with E-state index in [1.807, 2.05) is 12.1 Å². The Bertz CT molecular complexity index is 340. The third-order valence-electron chi connectivity index (χ3n) is 3.40. The third-order valence-corrected chi connectivity index (χ3v) is 3.40. The SMILES string of the molecule is CCC(C)CN(CC)Cc1ccc(B(O)O)cc1. The van der Waals surface area contributed by atoms with E-state index < -0.39 is 7.12 Å². The molecule has 1 unspecified atom stereocenters. The van der Waals surface area contributed by atoms with E-state index in [0.717, 1.165) is 19.6 Å². The summed E-state index contributed by atoms with van der Waals surface area (Å²) in [5.41, 5.74) is 1.76. The van der Waals surface area contributed by atoms with Crippen LogP contribution in [0.4, 0.5) is 0 Å². The lowest BCUT2D eigenvalue weighted by Crippen LogP contribution is -2.30. The highest BCUT2D eigenvalue weighted by atomic mass is 16.4. The van der Waals surface area contributed by atoms with Gasteiger partial charge in [-0.2, -0.15) is 0 Å². The Labute approximate surface area is 111 Å². The lowest BCUT2D eigenvalue weighted by atomic mass is 9.80. The van der Waals surface area contributed by atoms with Crippen LogP contribution in [0.15, 0.2) is 24.3 Å². The molecule has 18 heavy (non-hydrogen) atoms. The lowest BCUT2D eigenvalue weighted by molar-refractivity contribution is 0.238. The highest BCUT2D eigenvalue weighted by Crippen LogP contribution is 2.08. The highest BCUT2D eigenvalue weighted by molar-refractivity contribution is 6.58. The molecule has 100 valence electrons. The summed E-state index contributed by atoms with van der Waals surface area (Å²) in [6, 6.07) is 7.48. The number of nitrogens with zero attached hydrogens (tertiary/aromatic N) is 1. The van der Waals surface area contributed by atoms with Gasteiger partial charge in [0, 0.05) is 13.1 Å². The topological polar surface area (TPSA) is 43.7 Å². The van der Waals surface area contributed by atoms with Gasteiger partial charge < -0.3 is 10.0 Å². The van der Waals surface area contributed by atoms with E-state index in [4.69, 9.17) is 10.0 Å². The molecule has 0 bridgehead atoms. The van der Waals surface area contributed by atoms with Crippen molar-refractivity contribution in [3.8, 4) is 0 Å². The van der Waals surface area contributed by atoms with E-state index in [2.05, 4.69) is 25.7 Å². The van der Waals surface area contributed by atoms with E-state index in [1.54, 1.807) is 12.1 Å². The minimum absolute atomic E-state index is 0.545. The highest BCUT2D eigenvalue weighted by Gasteiger charge is 2.11. The van der Waals surface area contributed by atoms with Crippen LogP contribution in [0.1, 0.15) is 32.8 Å². The quantitative estimate of drug-likeness (QED) is 0.714. The van der Waals surface area contributed by atoms with Crippen LogP contribution in [0.3, 0.4) is 0 Å². The van der Waals surface area contributed by atoms with Gasteiger partial charge in [-0.25, -0.2) is 0 Å². The molecule has 0 fully saturated rings. The van der Waals surface area contributed by atoms with Crippen molar-refractivity contribution >= 4 is 12.6 Å². The van der Waals surface area contributed by atoms with Crippen molar-refractivity contribution in [2.75, 3.05) is 13.1 Å². The number of benzene rings is 1. The number of hydrogen-bond acceptors (Lipinski definition) is 3. The van der Waals surface area contributed by atoms with E-state index in [1.165, 1.54) is 12.0 Å². The van der Waals surface area contributed by atoms with Crippen LogP contribution in [0, 0.1) is 5.92 Å². The van der Waals surface area contributed by atoms with Crippen molar-refractivity contribution in [3.63, 3.8) is 0 Å². The van der Waals surface area contributed by atoms with Gasteiger partial charge in [-0.1, -0.05) is 51.5 Å². The third kappa shape index (κ3) is 4.80. The van der Waals surface area contributed by atoms with Gasteiger partial charge in [0.05, 0.1) is 0 Å². The fraction of sp³-hybridized carbons (Fsp3) is 0.571. The maximum absolute atomic E-state index is 9.04. The molecule has 0 aromatic heterocycles. The summed E-state index contributed by atoms with van der Waals surface area (Å²) < 4.78 is 0. The summed E-state index contributed by atoms with van der Waals surface area (Å²) in [6.07, 6.45) is 1.20. The first kappa shape index (κ1) is 15.2. The lowest BCUT2D eigenvalue weighted by Gasteiger charge is -2.23. The molecular formula is C14H24BNO2. The van der Waals surface area contributed by atoms with Gasteiger partial charge in [0.2, 0.25) is 0 Å². The largest absolute Gasteiger partial charge is 0.488 e. The van der Waals surface area contributed by atoms with Crippen LogP contribution in [0.2, 0.25) is 0 Å². The summed E-state index contributed by atoms with van der Waals surface area (Å²) in [7, 11) is -1.37. The second-order valence-electron chi connectivity index (χ2n) is 4.96. The van der Waals surface area contributed by atoms with Crippen LogP contribution in [0.25, 0.3) is 0 Å². The van der Waals surface area contributed by atoms with Crippen LogP contribution in [-0.2, 0) is 6.54 Å². The molecule has 1 atom stereocenters. The first-order chi connectivity index (χ1) is 8.56. The van der Waals surface area contributed by atoms with Crippen LogP contribution >= 0.6 is 0 Å². The Morgan fingerprint density at radius 1 is 1.17 bits per heavy atom. The molecule has 0 spiro atoms. The maximum Gasteiger partial charge on any atom is 0.488 e. The van der Waals surface area contributed by atoms with Crippen molar-refractivity contribution in [1.82, 2.24) is 4.90 Å². The molecule has 1 aromatic carbocycles. The normalized spacial score (nSPS) is 12.8. The summed E-state index contributed by atoms with van der Waals surface area (Å²) in [5.74, 6) is 0.712. The Balaban J connectivity index is 2.59. The van der Waals surface area contributed by atoms with Gasteiger partial charge >= 0.3 is 7.12 Å². The fourth-order valence-electron chi connectivity index (χ4n) is 1.93. The van der Waals surface area contributed by atoms with Crippen molar-refractivity contribution in [3.05, 3.63) is 29.8 Å². The average molecular weight is 249 g/mol. The Hall–Kier alpha value is -0.835. The molecule has 0 radical (unpaired) electrons. The molecule has 0 aliphatic rings. The fourth-order valence-corrected chi connectivity index (χ4v) is 1.93. The first-order valence-electron chi connectivity index (χ1n) is 6.74. The molecule has 0 heterocycles. The predicted octanol–water partition coefficient (Wildman–Crippen LogP) is 1.23. The molecule has 1 aromatic rings. The standard InChI is InChI=1S/C14H24BNO2/c1-4-12(3)10-16(5-2)11-13-6-8-14(9-7-13)15(17)18/h6-9,12,17-18H,4-5,10-11H2,1-3H3. The zero-order valence-corrected chi connectivity index (χ0v) is 11.6. The van der Waals surface area contributed by atoms with Gasteiger partial charge in [-0.3, -0.25) is 4.90 Å². The van der Waals surface area contributed by atoms with E-state index >= 15 is 0 Å². The molecule has 0 saturated heterocycles. The molecule has 2 N–H and O–H groups in total. The van der Waals surface area contributed by atoms with Crippen molar-refractivity contribution < 1.29 is 10.0 Å². The van der Waals surface area contributed by atoms with Gasteiger partial charge in [0.1, 0.15) is 0 Å². The summed E-state index contributed by atoms with van der Waals surface area (Å²) >= 11 is 0. The molecule has 3 nitrogen and oxygen atoms in total. The zero-order chi connectivity index (χ0) is 13.5. The summed E-state index contributed by atoms with van der Waals surface area (Å²) in [6.45, 7) is 9.73. The maximum atomic E-state index is 9.04. The van der Waals surface area contributed by atoms with Crippen LogP contribution in [0.5, 0.6) is 0 Å². The molecule has 4 heteroatoms.